The summed E-state index contributed by atoms with van der Waals surface area (Å²) in [6, 6.07) is 0. The van der Waals surface area contributed by atoms with Gasteiger partial charge in [0.05, 0.1) is 0 Å². The van der Waals surface area contributed by atoms with Crippen LogP contribution in [0, 0.1) is 11.8 Å². The third kappa shape index (κ3) is 1.99. The molecule has 14 heavy (non-hydrogen) atoms. The first-order valence-corrected chi connectivity index (χ1v) is 5.22. The molecule has 1 rings (SSSR count). The van der Waals surface area contributed by atoms with E-state index in [9.17, 15) is 4.79 Å². The van der Waals surface area contributed by atoms with E-state index in [0.717, 1.165) is 12.8 Å². The Hall–Kier alpha value is -0.790. The maximum atomic E-state index is 11.0. The summed E-state index contributed by atoms with van der Waals surface area (Å²) < 4.78 is 5.41. The van der Waals surface area contributed by atoms with E-state index in [-0.39, 0.29) is 11.6 Å². The standard InChI is InChI=1S/C12H20O2/c1-8(2)11-6-7-12(5,9(11)3)14-10(4)13/h9,11H,1,6-7H2,2-5H3/t9-,11-,12+/m0/s1. The van der Waals surface area contributed by atoms with Crippen LogP contribution in [0.5, 0.6) is 0 Å². The highest BCUT2D eigenvalue weighted by molar-refractivity contribution is 5.66. The lowest BCUT2D eigenvalue weighted by molar-refractivity contribution is -0.158. The van der Waals surface area contributed by atoms with Crippen molar-refractivity contribution in [3.63, 3.8) is 0 Å². The molecule has 1 aliphatic rings. The molecule has 0 saturated heterocycles. The second kappa shape index (κ2) is 3.76. The maximum Gasteiger partial charge on any atom is 0.303 e. The van der Waals surface area contributed by atoms with Gasteiger partial charge in [-0.1, -0.05) is 19.1 Å². The van der Waals surface area contributed by atoms with Crippen LogP contribution in [0.25, 0.3) is 0 Å². The molecule has 0 aromatic carbocycles. The van der Waals surface area contributed by atoms with Gasteiger partial charge in [0.25, 0.3) is 0 Å². The fraction of sp³-hybridized carbons (Fsp3) is 0.750. The molecule has 0 aromatic heterocycles. The highest BCUT2D eigenvalue weighted by Crippen LogP contribution is 2.45. The first kappa shape index (κ1) is 11.3. The SMILES string of the molecule is C=C(C)[C@@H]1CC[C@@](C)(OC(C)=O)[C@H]1C. The molecule has 0 spiro atoms. The molecule has 1 aliphatic carbocycles. The minimum Gasteiger partial charge on any atom is -0.459 e. The van der Waals surface area contributed by atoms with Gasteiger partial charge in [0.2, 0.25) is 0 Å². The summed E-state index contributed by atoms with van der Waals surface area (Å²) in [4.78, 5) is 11.0. The number of hydrogen-bond donors (Lipinski definition) is 0. The highest BCUT2D eigenvalue weighted by atomic mass is 16.6. The quantitative estimate of drug-likeness (QED) is 0.501. The van der Waals surface area contributed by atoms with Gasteiger partial charge in [-0.2, -0.15) is 0 Å². The Kier molecular flexibility index (Phi) is 3.03. The average Bonchev–Trinajstić information content (AvgIpc) is 2.27. The molecule has 0 radical (unpaired) electrons. The second-order valence-electron chi connectivity index (χ2n) is 4.69. The van der Waals surface area contributed by atoms with Crippen LogP contribution in [0.4, 0.5) is 0 Å². The molecule has 0 aliphatic heterocycles. The van der Waals surface area contributed by atoms with Gasteiger partial charge in [-0.05, 0) is 32.6 Å². The van der Waals surface area contributed by atoms with E-state index < -0.39 is 0 Å². The van der Waals surface area contributed by atoms with Crippen molar-refractivity contribution < 1.29 is 9.53 Å². The van der Waals surface area contributed by atoms with Crippen LogP contribution in [0.2, 0.25) is 0 Å². The lowest BCUT2D eigenvalue weighted by Gasteiger charge is -2.31. The van der Waals surface area contributed by atoms with E-state index in [1.807, 2.05) is 6.92 Å². The average molecular weight is 196 g/mol. The lowest BCUT2D eigenvalue weighted by atomic mass is 9.85. The third-order valence-electron chi connectivity index (χ3n) is 3.53. The normalized spacial score (nSPS) is 36.9. The zero-order chi connectivity index (χ0) is 10.9. The van der Waals surface area contributed by atoms with Gasteiger partial charge in [0.1, 0.15) is 5.60 Å². The summed E-state index contributed by atoms with van der Waals surface area (Å²) in [5.74, 6) is 0.699. The van der Waals surface area contributed by atoms with E-state index in [4.69, 9.17) is 4.74 Å². The Morgan fingerprint density at radius 3 is 2.43 bits per heavy atom. The Bertz CT molecular complexity index is 257. The molecular weight excluding hydrogens is 176 g/mol. The van der Waals surface area contributed by atoms with E-state index in [1.54, 1.807) is 0 Å². The topological polar surface area (TPSA) is 26.3 Å². The molecule has 0 N–H and O–H groups in total. The molecule has 2 heteroatoms. The summed E-state index contributed by atoms with van der Waals surface area (Å²) in [5.41, 5.74) is 0.920. The van der Waals surface area contributed by atoms with Crippen molar-refractivity contribution in [2.24, 2.45) is 11.8 Å². The molecule has 2 nitrogen and oxygen atoms in total. The van der Waals surface area contributed by atoms with Crippen molar-refractivity contribution in [3.05, 3.63) is 12.2 Å². The zero-order valence-electron chi connectivity index (χ0n) is 9.59. The number of hydrogen-bond acceptors (Lipinski definition) is 2. The fourth-order valence-electron chi connectivity index (χ4n) is 2.49. The van der Waals surface area contributed by atoms with E-state index >= 15 is 0 Å². The number of allylic oxidation sites excluding steroid dienone is 1. The molecule has 1 fully saturated rings. The van der Waals surface area contributed by atoms with Crippen molar-refractivity contribution in [1.29, 1.82) is 0 Å². The summed E-state index contributed by atoms with van der Waals surface area (Å²) in [6.45, 7) is 11.7. The zero-order valence-corrected chi connectivity index (χ0v) is 9.59. The maximum absolute atomic E-state index is 11.0. The summed E-state index contributed by atoms with van der Waals surface area (Å²) >= 11 is 0. The first-order chi connectivity index (χ1) is 6.37. The lowest BCUT2D eigenvalue weighted by Crippen LogP contribution is -2.35. The predicted octanol–water partition coefficient (Wildman–Crippen LogP) is 2.93. The van der Waals surface area contributed by atoms with Crippen molar-refractivity contribution in [2.45, 2.75) is 46.1 Å². The van der Waals surface area contributed by atoms with Crippen LogP contribution < -0.4 is 0 Å². The molecule has 0 unspecified atom stereocenters. The van der Waals surface area contributed by atoms with Gasteiger partial charge in [0.15, 0.2) is 0 Å². The van der Waals surface area contributed by atoms with E-state index in [0.29, 0.717) is 11.8 Å². The minimum atomic E-state index is -0.282. The molecule has 3 atom stereocenters. The summed E-state index contributed by atoms with van der Waals surface area (Å²) in [5, 5.41) is 0. The summed E-state index contributed by atoms with van der Waals surface area (Å²) in [6.07, 6.45) is 2.03. The Balaban J connectivity index is 2.75. The molecule has 0 amide bonds. The molecule has 0 bridgehead atoms. The van der Waals surface area contributed by atoms with Crippen LogP contribution in [0.15, 0.2) is 12.2 Å². The number of rotatable bonds is 2. The molecule has 0 aromatic rings. The minimum absolute atomic E-state index is 0.179. The predicted molar refractivity (Wildman–Crippen MR) is 56.9 cm³/mol. The van der Waals surface area contributed by atoms with Crippen molar-refractivity contribution in [3.8, 4) is 0 Å². The highest BCUT2D eigenvalue weighted by Gasteiger charge is 2.44. The first-order valence-electron chi connectivity index (χ1n) is 5.22. The van der Waals surface area contributed by atoms with Crippen molar-refractivity contribution in [2.75, 3.05) is 0 Å². The Labute approximate surface area is 86.3 Å². The third-order valence-corrected chi connectivity index (χ3v) is 3.53. The summed E-state index contributed by atoms with van der Waals surface area (Å²) in [7, 11) is 0. The van der Waals surface area contributed by atoms with Gasteiger partial charge in [-0.15, -0.1) is 0 Å². The Morgan fingerprint density at radius 2 is 2.07 bits per heavy atom. The number of carbonyl (C=O) groups is 1. The Morgan fingerprint density at radius 1 is 1.50 bits per heavy atom. The molecule has 1 saturated carbocycles. The smallest absolute Gasteiger partial charge is 0.303 e. The van der Waals surface area contributed by atoms with Gasteiger partial charge in [-0.3, -0.25) is 4.79 Å². The van der Waals surface area contributed by atoms with Crippen LogP contribution in [0.3, 0.4) is 0 Å². The largest absolute Gasteiger partial charge is 0.459 e. The number of ether oxygens (including phenoxy) is 1. The molecule has 80 valence electrons. The van der Waals surface area contributed by atoms with Crippen LogP contribution in [0.1, 0.15) is 40.5 Å². The molecule has 0 heterocycles. The monoisotopic (exact) mass is 196 g/mol. The van der Waals surface area contributed by atoms with Crippen LogP contribution >= 0.6 is 0 Å². The molecular formula is C12H20O2. The van der Waals surface area contributed by atoms with Crippen molar-refractivity contribution >= 4 is 5.97 Å². The van der Waals surface area contributed by atoms with Crippen LogP contribution in [-0.2, 0) is 9.53 Å². The van der Waals surface area contributed by atoms with Gasteiger partial charge in [-0.25, -0.2) is 0 Å². The van der Waals surface area contributed by atoms with Gasteiger partial charge < -0.3 is 4.74 Å². The second-order valence-corrected chi connectivity index (χ2v) is 4.69. The number of esters is 1. The van der Waals surface area contributed by atoms with E-state index in [2.05, 4.69) is 20.4 Å². The van der Waals surface area contributed by atoms with E-state index in [1.165, 1.54) is 12.5 Å². The number of carbonyl (C=O) groups excluding carboxylic acids is 1. The van der Waals surface area contributed by atoms with Gasteiger partial charge >= 0.3 is 5.97 Å². The van der Waals surface area contributed by atoms with Crippen molar-refractivity contribution in [1.82, 2.24) is 0 Å². The van der Waals surface area contributed by atoms with Crippen LogP contribution in [-0.4, -0.2) is 11.6 Å². The fourth-order valence-corrected chi connectivity index (χ4v) is 2.49. The van der Waals surface area contributed by atoms with Gasteiger partial charge in [0, 0.05) is 12.8 Å².